The zero-order chi connectivity index (χ0) is 10.3. The number of hydrogen-bond donors (Lipinski definition) is 1. The fourth-order valence-electron chi connectivity index (χ4n) is 2.68. The van der Waals surface area contributed by atoms with E-state index in [1.54, 1.807) is 0 Å². The van der Waals surface area contributed by atoms with Crippen molar-refractivity contribution in [1.82, 2.24) is 5.32 Å². The molecule has 1 aromatic carbocycles. The minimum Gasteiger partial charge on any atom is -0.492 e. The van der Waals surface area contributed by atoms with E-state index in [1.165, 1.54) is 5.56 Å². The number of hydrogen-bond acceptors (Lipinski definition) is 2. The number of rotatable bonds is 0. The Morgan fingerprint density at radius 2 is 2.27 bits per heavy atom. The first kappa shape index (κ1) is 9.49. The van der Waals surface area contributed by atoms with E-state index in [9.17, 15) is 0 Å². The van der Waals surface area contributed by atoms with Crippen LogP contribution in [-0.4, -0.2) is 19.7 Å². The molecule has 1 saturated heterocycles. The molecule has 3 heteroatoms. The molecule has 80 valence electrons. The molecule has 0 bridgehead atoms. The molecule has 1 fully saturated rings. The first-order chi connectivity index (χ1) is 7.36. The van der Waals surface area contributed by atoms with E-state index in [0.717, 1.165) is 36.9 Å². The third-order valence-electron chi connectivity index (χ3n) is 3.47. The molecular weight excluding hydrogens is 210 g/mol. The van der Waals surface area contributed by atoms with Crippen LogP contribution in [0.4, 0.5) is 0 Å². The summed E-state index contributed by atoms with van der Waals surface area (Å²) < 4.78 is 5.76. The zero-order valence-corrected chi connectivity index (χ0v) is 9.26. The van der Waals surface area contributed by atoms with Gasteiger partial charge >= 0.3 is 0 Å². The molecule has 1 aromatic rings. The Morgan fingerprint density at radius 3 is 3.20 bits per heavy atom. The van der Waals surface area contributed by atoms with Crippen molar-refractivity contribution in [3.05, 3.63) is 28.8 Å². The standard InChI is InChI=1S/C12H14ClNO/c13-11-3-1-2-9-10-7-14-6-8(10)4-5-15-12(9)11/h1-3,8,10,14H,4-7H2/t8?,10-/m0/s1. The first-order valence-corrected chi connectivity index (χ1v) is 5.86. The summed E-state index contributed by atoms with van der Waals surface area (Å²) in [6.45, 7) is 2.96. The van der Waals surface area contributed by atoms with Gasteiger partial charge in [0.25, 0.3) is 0 Å². The molecule has 1 unspecified atom stereocenters. The summed E-state index contributed by atoms with van der Waals surface area (Å²) in [5.74, 6) is 2.21. The van der Waals surface area contributed by atoms with Gasteiger partial charge in [0.1, 0.15) is 5.75 Å². The van der Waals surface area contributed by atoms with Gasteiger partial charge in [-0.2, -0.15) is 0 Å². The number of halogens is 1. The Labute approximate surface area is 94.6 Å². The third kappa shape index (κ3) is 1.52. The van der Waals surface area contributed by atoms with Gasteiger partial charge in [-0.25, -0.2) is 0 Å². The number of para-hydroxylation sites is 1. The van der Waals surface area contributed by atoms with Crippen LogP contribution in [0, 0.1) is 5.92 Å². The number of fused-ring (bicyclic) bond motifs is 3. The van der Waals surface area contributed by atoms with Crippen molar-refractivity contribution in [2.45, 2.75) is 12.3 Å². The van der Waals surface area contributed by atoms with Crippen LogP contribution in [0.15, 0.2) is 18.2 Å². The SMILES string of the molecule is Clc1cccc2c1OCCC1CNC[C@H]21. The second-order valence-corrected chi connectivity index (χ2v) is 4.73. The van der Waals surface area contributed by atoms with Gasteiger partial charge in [-0.3, -0.25) is 0 Å². The van der Waals surface area contributed by atoms with Crippen LogP contribution < -0.4 is 10.1 Å². The Morgan fingerprint density at radius 1 is 1.33 bits per heavy atom. The number of ether oxygens (including phenoxy) is 1. The maximum absolute atomic E-state index is 6.16. The van der Waals surface area contributed by atoms with Crippen molar-refractivity contribution in [2.75, 3.05) is 19.7 Å². The van der Waals surface area contributed by atoms with Gasteiger partial charge in [-0.05, 0) is 24.9 Å². The summed E-state index contributed by atoms with van der Waals surface area (Å²) >= 11 is 6.16. The van der Waals surface area contributed by atoms with Gasteiger partial charge in [0.05, 0.1) is 11.6 Å². The third-order valence-corrected chi connectivity index (χ3v) is 3.77. The summed E-state index contributed by atoms with van der Waals surface area (Å²) in [6.07, 6.45) is 1.13. The fourth-order valence-corrected chi connectivity index (χ4v) is 2.92. The average Bonchev–Trinajstić information content (AvgIpc) is 2.62. The summed E-state index contributed by atoms with van der Waals surface area (Å²) in [6, 6.07) is 6.07. The molecule has 15 heavy (non-hydrogen) atoms. The Bertz CT molecular complexity index is 380. The molecule has 0 aromatic heterocycles. The highest BCUT2D eigenvalue weighted by molar-refractivity contribution is 6.32. The van der Waals surface area contributed by atoms with E-state index in [1.807, 2.05) is 12.1 Å². The molecule has 3 rings (SSSR count). The fraction of sp³-hybridized carbons (Fsp3) is 0.500. The van der Waals surface area contributed by atoms with Crippen molar-refractivity contribution in [3.8, 4) is 5.75 Å². The number of benzene rings is 1. The minimum absolute atomic E-state index is 0.584. The topological polar surface area (TPSA) is 21.3 Å². The minimum atomic E-state index is 0.584. The van der Waals surface area contributed by atoms with Crippen molar-refractivity contribution in [2.24, 2.45) is 5.92 Å². The molecule has 0 amide bonds. The van der Waals surface area contributed by atoms with E-state index >= 15 is 0 Å². The van der Waals surface area contributed by atoms with Crippen LogP contribution in [0.5, 0.6) is 5.75 Å². The molecule has 2 nitrogen and oxygen atoms in total. The van der Waals surface area contributed by atoms with Crippen LogP contribution in [0.25, 0.3) is 0 Å². The van der Waals surface area contributed by atoms with Crippen LogP contribution in [0.3, 0.4) is 0 Å². The monoisotopic (exact) mass is 223 g/mol. The molecule has 2 aliphatic rings. The van der Waals surface area contributed by atoms with E-state index in [2.05, 4.69) is 11.4 Å². The van der Waals surface area contributed by atoms with Crippen LogP contribution in [0.1, 0.15) is 17.9 Å². The molecule has 2 heterocycles. The van der Waals surface area contributed by atoms with Crippen molar-refractivity contribution in [1.29, 1.82) is 0 Å². The first-order valence-electron chi connectivity index (χ1n) is 5.48. The summed E-state index contributed by atoms with van der Waals surface area (Å²) in [7, 11) is 0. The van der Waals surface area contributed by atoms with Gasteiger partial charge in [-0.15, -0.1) is 0 Å². The second kappa shape index (κ2) is 3.69. The highest BCUT2D eigenvalue weighted by Crippen LogP contribution is 2.41. The quantitative estimate of drug-likeness (QED) is 0.730. The molecule has 0 saturated carbocycles. The molecule has 2 aliphatic heterocycles. The molecule has 2 atom stereocenters. The molecule has 0 aliphatic carbocycles. The molecular formula is C12H14ClNO. The van der Waals surface area contributed by atoms with Gasteiger partial charge in [0, 0.05) is 18.0 Å². The predicted octanol–water partition coefficient (Wildman–Crippen LogP) is 2.43. The molecule has 0 spiro atoms. The van der Waals surface area contributed by atoms with Crippen LogP contribution >= 0.6 is 11.6 Å². The lowest BCUT2D eigenvalue weighted by Crippen LogP contribution is -2.11. The van der Waals surface area contributed by atoms with E-state index in [0.29, 0.717) is 11.8 Å². The molecule has 1 N–H and O–H groups in total. The average molecular weight is 224 g/mol. The summed E-state index contributed by atoms with van der Waals surface area (Å²) in [4.78, 5) is 0. The molecule has 0 radical (unpaired) electrons. The van der Waals surface area contributed by atoms with Crippen LogP contribution in [-0.2, 0) is 0 Å². The highest BCUT2D eigenvalue weighted by atomic mass is 35.5. The van der Waals surface area contributed by atoms with Crippen molar-refractivity contribution < 1.29 is 4.74 Å². The highest BCUT2D eigenvalue weighted by Gasteiger charge is 2.33. The second-order valence-electron chi connectivity index (χ2n) is 4.32. The van der Waals surface area contributed by atoms with Gasteiger partial charge < -0.3 is 10.1 Å². The van der Waals surface area contributed by atoms with Crippen molar-refractivity contribution in [3.63, 3.8) is 0 Å². The predicted molar refractivity (Wildman–Crippen MR) is 60.7 cm³/mol. The van der Waals surface area contributed by atoms with E-state index < -0.39 is 0 Å². The Balaban J connectivity index is 2.09. The Kier molecular flexibility index (Phi) is 2.33. The van der Waals surface area contributed by atoms with E-state index in [-0.39, 0.29) is 0 Å². The summed E-state index contributed by atoms with van der Waals surface area (Å²) in [5.41, 5.74) is 1.29. The van der Waals surface area contributed by atoms with Crippen molar-refractivity contribution >= 4 is 11.6 Å². The maximum atomic E-state index is 6.16. The zero-order valence-electron chi connectivity index (χ0n) is 8.50. The lowest BCUT2D eigenvalue weighted by atomic mass is 9.87. The Hall–Kier alpha value is -0.730. The lowest BCUT2D eigenvalue weighted by Gasteiger charge is -2.16. The lowest BCUT2D eigenvalue weighted by molar-refractivity contribution is 0.296. The van der Waals surface area contributed by atoms with Gasteiger partial charge in [-0.1, -0.05) is 23.7 Å². The smallest absolute Gasteiger partial charge is 0.141 e. The maximum Gasteiger partial charge on any atom is 0.141 e. The normalized spacial score (nSPS) is 28.9. The summed E-state index contributed by atoms with van der Waals surface area (Å²) in [5, 5.41) is 4.20. The van der Waals surface area contributed by atoms with Gasteiger partial charge in [0.2, 0.25) is 0 Å². The van der Waals surface area contributed by atoms with Crippen LogP contribution in [0.2, 0.25) is 5.02 Å². The van der Waals surface area contributed by atoms with Gasteiger partial charge in [0.15, 0.2) is 0 Å². The largest absolute Gasteiger partial charge is 0.492 e. The van der Waals surface area contributed by atoms with E-state index in [4.69, 9.17) is 16.3 Å². The number of nitrogens with one attached hydrogen (secondary N) is 1.